The van der Waals surface area contributed by atoms with Gasteiger partial charge in [0.2, 0.25) is 0 Å². The van der Waals surface area contributed by atoms with Gasteiger partial charge in [-0.3, -0.25) is 0 Å². The Morgan fingerprint density at radius 1 is 1.33 bits per heavy atom. The molecule has 1 heterocycles. The summed E-state index contributed by atoms with van der Waals surface area (Å²) >= 11 is 0. The van der Waals surface area contributed by atoms with Crippen LogP contribution in [0.4, 0.5) is 0 Å². The highest BCUT2D eigenvalue weighted by molar-refractivity contribution is 5.41. The van der Waals surface area contributed by atoms with Crippen molar-refractivity contribution < 1.29 is 14.4 Å². The number of phenols is 1. The van der Waals surface area contributed by atoms with E-state index in [0.29, 0.717) is 18.8 Å². The van der Waals surface area contributed by atoms with E-state index in [-0.39, 0.29) is 5.75 Å². The summed E-state index contributed by atoms with van der Waals surface area (Å²) in [6.07, 6.45) is 0. The average molecular weight is 248 g/mol. The minimum absolute atomic E-state index is 0.146. The molecule has 0 spiro atoms. The van der Waals surface area contributed by atoms with Crippen LogP contribution in [-0.2, 0) is 13.1 Å². The van der Waals surface area contributed by atoms with Gasteiger partial charge in [0, 0.05) is 12.6 Å². The lowest BCUT2D eigenvalue weighted by molar-refractivity contribution is 0.368. The van der Waals surface area contributed by atoms with E-state index in [1.54, 1.807) is 12.1 Å². The lowest BCUT2D eigenvalue weighted by atomic mass is 10.2. The van der Waals surface area contributed by atoms with Crippen molar-refractivity contribution in [1.82, 2.24) is 10.5 Å². The molecule has 0 aliphatic heterocycles. The van der Waals surface area contributed by atoms with Crippen molar-refractivity contribution in [3.63, 3.8) is 0 Å². The number of benzene rings is 1. The Balaban J connectivity index is 1.88. The zero-order chi connectivity index (χ0) is 13.0. The number of rotatable bonds is 5. The summed E-state index contributed by atoms with van der Waals surface area (Å²) in [6, 6.07) is 7.21. The summed E-state index contributed by atoms with van der Waals surface area (Å²) in [5.41, 5.74) is 1.85. The third-order valence-electron chi connectivity index (χ3n) is 2.55. The van der Waals surface area contributed by atoms with Crippen LogP contribution in [0.5, 0.6) is 11.5 Å². The van der Waals surface area contributed by atoms with Crippen LogP contribution in [-0.4, -0.2) is 17.4 Å². The molecule has 2 rings (SSSR count). The minimum atomic E-state index is 0.146. The van der Waals surface area contributed by atoms with Crippen molar-refractivity contribution in [2.75, 3.05) is 7.11 Å². The van der Waals surface area contributed by atoms with E-state index in [9.17, 15) is 5.11 Å². The monoisotopic (exact) mass is 248 g/mol. The Kier molecular flexibility index (Phi) is 3.84. The number of aryl methyl sites for hydroxylation is 1. The molecule has 0 aliphatic rings. The van der Waals surface area contributed by atoms with Crippen LogP contribution in [0, 0.1) is 6.92 Å². The van der Waals surface area contributed by atoms with Crippen LogP contribution < -0.4 is 10.1 Å². The second kappa shape index (κ2) is 5.55. The second-order valence-corrected chi connectivity index (χ2v) is 4.04. The van der Waals surface area contributed by atoms with Gasteiger partial charge in [0.25, 0.3) is 0 Å². The molecule has 0 saturated heterocycles. The van der Waals surface area contributed by atoms with Gasteiger partial charge in [-0.2, -0.15) is 0 Å². The average Bonchev–Trinajstić information content (AvgIpc) is 2.75. The Morgan fingerprint density at radius 3 is 2.78 bits per heavy atom. The fourth-order valence-corrected chi connectivity index (χ4v) is 1.68. The van der Waals surface area contributed by atoms with Crippen LogP contribution in [0.2, 0.25) is 0 Å². The topological polar surface area (TPSA) is 67.5 Å². The van der Waals surface area contributed by atoms with Crippen LogP contribution in [0.1, 0.15) is 17.0 Å². The SMILES string of the molecule is COc1ccc(CNCc2cc(C)no2)cc1O. The van der Waals surface area contributed by atoms with Gasteiger partial charge in [-0.1, -0.05) is 11.2 Å². The number of aromatic hydroxyl groups is 1. The molecule has 0 aliphatic carbocycles. The summed E-state index contributed by atoms with van der Waals surface area (Å²) in [7, 11) is 1.53. The molecule has 18 heavy (non-hydrogen) atoms. The van der Waals surface area contributed by atoms with Gasteiger partial charge >= 0.3 is 0 Å². The molecule has 0 radical (unpaired) electrons. The molecule has 0 fully saturated rings. The number of phenolic OH excluding ortho intramolecular Hbond substituents is 1. The van der Waals surface area contributed by atoms with E-state index in [0.717, 1.165) is 17.0 Å². The van der Waals surface area contributed by atoms with Gasteiger partial charge in [0.05, 0.1) is 19.3 Å². The maximum atomic E-state index is 9.63. The Morgan fingerprint density at radius 2 is 2.17 bits per heavy atom. The molecule has 1 aromatic carbocycles. The standard InChI is InChI=1S/C13H16N2O3/c1-9-5-11(18-15-9)8-14-7-10-3-4-13(17-2)12(16)6-10/h3-6,14,16H,7-8H2,1-2H3. The minimum Gasteiger partial charge on any atom is -0.504 e. The van der Waals surface area contributed by atoms with E-state index < -0.39 is 0 Å². The first-order valence-corrected chi connectivity index (χ1v) is 5.68. The van der Waals surface area contributed by atoms with E-state index in [1.807, 2.05) is 19.1 Å². The van der Waals surface area contributed by atoms with Gasteiger partial charge in [0.1, 0.15) is 0 Å². The largest absolute Gasteiger partial charge is 0.504 e. The van der Waals surface area contributed by atoms with E-state index in [2.05, 4.69) is 10.5 Å². The molecule has 0 bridgehead atoms. The molecule has 0 amide bonds. The highest BCUT2D eigenvalue weighted by Crippen LogP contribution is 2.26. The molecule has 1 aromatic heterocycles. The number of hydrogen-bond acceptors (Lipinski definition) is 5. The van der Waals surface area contributed by atoms with Crippen LogP contribution in [0.25, 0.3) is 0 Å². The smallest absolute Gasteiger partial charge is 0.160 e. The number of aromatic nitrogens is 1. The number of ether oxygens (including phenoxy) is 1. The van der Waals surface area contributed by atoms with Crippen molar-refractivity contribution in [2.24, 2.45) is 0 Å². The molecule has 5 nitrogen and oxygen atoms in total. The quantitative estimate of drug-likeness (QED) is 0.847. The molecule has 5 heteroatoms. The van der Waals surface area contributed by atoms with E-state index >= 15 is 0 Å². The molecule has 0 atom stereocenters. The summed E-state index contributed by atoms with van der Waals surface area (Å²) in [5.74, 6) is 1.42. The highest BCUT2D eigenvalue weighted by atomic mass is 16.5. The predicted molar refractivity (Wildman–Crippen MR) is 66.4 cm³/mol. The maximum absolute atomic E-state index is 9.63. The normalized spacial score (nSPS) is 10.6. The Bertz CT molecular complexity index is 523. The number of methoxy groups -OCH3 is 1. The molecule has 2 aromatic rings. The molecule has 2 N–H and O–H groups in total. The first-order chi connectivity index (χ1) is 8.69. The lowest BCUT2D eigenvalue weighted by Gasteiger charge is -2.06. The summed E-state index contributed by atoms with van der Waals surface area (Å²) in [4.78, 5) is 0. The van der Waals surface area contributed by atoms with Crippen molar-refractivity contribution in [1.29, 1.82) is 0 Å². The van der Waals surface area contributed by atoms with Gasteiger partial charge in [-0.25, -0.2) is 0 Å². The lowest BCUT2D eigenvalue weighted by Crippen LogP contribution is -2.12. The zero-order valence-corrected chi connectivity index (χ0v) is 10.4. The predicted octanol–water partition coefficient (Wildman–Crippen LogP) is 1.99. The first-order valence-electron chi connectivity index (χ1n) is 5.68. The van der Waals surface area contributed by atoms with Crippen molar-refractivity contribution in [3.8, 4) is 11.5 Å². The van der Waals surface area contributed by atoms with Gasteiger partial charge in [-0.05, 0) is 24.6 Å². The van der Waals surface area contributed by atoms with Gasteiger partial charge in [-0.15, -0.1) is 0 Å². The number of nitrogens with one attached hydrogen (secondary N) is 1. The summed E-state index contributed by atoms with van der Waals surface area (Å²) < 4.78 is 10.1. The first kappa shape index (κ1) is 12.4. The van der Waals surface area contributed by atoms with Crippen LogP contribution in [0.15, 0.2) is 28.8 Å². The Labute approximate surface area is 105 Å². The molecule has 0 unspecified atom stereocenters. The van der Waals surface area contributed by atoms with E-state index in [1.165, 1.54) is 7.11 Å². The molecule has 96 valence electrons. The van der Waals surface area contributed by atoms with E-state index in [4.69, 9.17) is 9.26 Å². The van der Waals surface area contributed by atoms with Gasteiger partial charge in [0.15, 0.2) is 17.3 Å². The number of hydrogen-bond donors (Lipinski definition) is 2. The molecular formula is C13H16N2O3. The Hall–Kier alpha value is -2.01. The molecule has 0 saturated carbocycles. The van der Waals surface area contributed by atoms with Crippen molar-refractivity contribution in [3.05, 3.63) is 41.3 Å². The maximum Gasteiger partial charge on any atom is 0.160 e. The molecular weight excluding hydrogens is 232 g/mol. The van der Waals surface area contributed by atoms with Crippen LogP contribution in [0.3, 0.4) is 0 Å². The summed E-state index contributed by atoms with van der Waals surface area (Å²) in [5, 5.41) is 16.6. The van der Waals surface area contributed by atoms with Crippen LogP contribution >= 0.6 is 0 Å². The van der Waals surface area contributed by atoms with Gasteiger partial charge < -0.3 is 19.7 Å². The summed E-state index contributed by atoms with van der Waals surface area (Å²) in [6.45, 7) is 3.12. The fraction of sp³-hybridized carbons (Fsp3) is 0.308. The van der Waals surface area contributed by atoms with Crippen molar-refractivity contribution in [2.45, 2.75) is 20.0 Å². The third kappa shape index (κ3) is 3.01. The third-order valence-corrected chi connectivity index (χ3v) is 2.55. The highest BCUT2D eigenvalue weighted by Gasteiger charge is 2.03. The fourth-order valence-electron chi connectivity index (χ4n) is 1.68. The zero-order valence-electron chi connectivity index (χ0n) is 10.4. The number of nitrogens with zero attached hydrogens (tertiary/aromatic N) is 1. The van der Waals surface area contributed by atoms with Crippen molar-refractivity contribution >= 4 is 0 Å². The second-order valence-electron chi connectivity index (χ2n) is 4.04.